The van der Waals surface area contributed by atoms with Crippen LogP contribution in [0.5, 0.6) is 5.88 Å². The number of benzene rings is 1. The van der Waals surface area contributed by atoms with Crippen LogP contribution in [0.1, 0.15) is 55.0 Å². The van der Waals surface area contributed by atoms with Crippen molar-refractivity contribution in [1.29, 1.82) is 0 Å². The molecule has 0 spiro atoms. The highest BCUT2D eigenvalue weighted by atomic mass is 35.5. The number of aromatic nitrogens is 1. The number of halogens is 2. The molecule has 2 aromatic rings. The van der Waals surface area contributed by atoms with Gasteiger partial charge in [-0.3, -0.25) is 19.7 Å². The zero-order valence-corrected chi connectivity index (χ0v) is 19.9. The predicted octanol–water partition coefficient (Wildman–Crippen LogP) is 3.82. The van der Waals surface area contributed by atoms with Gasteiger partial charge in [0, 0.05) is 40.3 Å². The van der Waals surface area contributed by atoms with E-state index in [1.165, 1.54) is 7.11 Å². The second-order valence-corrected chi connectivity index (χ2v) is 9.14. The van der Waals surface area contributed by atoms with Crippen molar-refractivity contribution in [2.24, 2.45) is 0 Å². The first-order chi connectivity index (χ1) is 15.0. The zero-order chi connectivity index (χ0) is 23.6. The molecule has 170 valence electrons. The van der Waals surface area contributed by atoms with Gasteiger partial charge in [-0.2, -0.15) is 0 Å². The maximum Gasteiger partial charge on any atom is 0.234 e. The number of hydrogen-bond donors (Lipinski definition) is 2. The molecular formula is C23H25Cl2N3O4. The predicted molar refractivity (Wildman–Crippen MR) is 122 cm³/mol. The van der Waals surface area contributed by atoms with Crippen molar-refractivity contribution >= 4 is 40.9 Å². The van der Waals surface area contributed by atoms with Crippen LogP contribution in [0.4, 0.5) is 0 Å². The first kappa shape index (κ1) is 24.0. The number of hydrogen-bond acceptors (Lipinski definition) is 5. The number of nitrogens with zero attached hydrogens (tertiary/aromatic N) is 1. The summed E-state index contributed by atoms with van der Waals surface area (Å²) in [6, 6.07) is 6.96. The molecule has 1 unspecified atom stereocenters. The van der Waals surface area contributed by atoms with Gasteiger partial charge in [0.05, 0.1) is 18.4 Å². The second kappa shape index (κ2) is 9.46. The van der Waals surface area contributed by atoms with Crippen molar-refractivity contribution in [3.05, 3.63) is 56.7 Å². The molecule has 9 heteroatoms. The van der Waals surface area contributed by atoms with E-state index in [1.54, 1.807) is 18.2 Å². The maximum atomic E-state index is 13.0. The van der Waals surface area contributed by atoms with E-state index in [1.807, 2.05) is 26.8 Å². The number of nitrogens with one attached hydrogen (secondary N) is 2. The van der Waals surface area contributed by atoms with Crippen LogP contribution in [-0.2, 0) is 26.3 Å². The fourth-order valence-corrected chi connectivity index (χ4v) is 4.47. The molecule has 1 saturated heterocycles. The fraction of sp³-hybridized carbons (Fsp3) is 0.391. The average Bonchev–Trinajstić information content (AvgIpc) is 2.72. The molecule has 0 radical (unpaired) electrons. The number of pyridine rings is 1. The number of methoxy groups -OCH3 is 1. The lowest BCUT2D eigenvalue weighted by Crippen LogP contribution is -2.40. The van der Waals surface area contributed by atoms with E-state index in [0.717, 1.165) is 11.3 Å². The minimum atomic E-state index is -0.832. The quantitative estimate of drug-likeness (QED) is 0.616. The molecule has 0 bridgehead atoms. The van der Waals surface area contributed by atoms with Crippen LogP contribution in [0.15, 0.2) is 24.3 Å². The molecule has 1 aliphatic rings. The van der Waals surface area contributed by atoms with E-state index in [0.29, 0.717) is 33.5 Å². The van der Waals surface area contributed by atoms with E-state index < -0.39 is 17.2 Å². The van der Waals surface area contributed by atoms with Crippen molar-refractivity contribution in [3.8, 4) is 5.88 Å². The molecule has 1 atom stereocenters. The third-order valence-electron chi connectivity index (χ3n) is 5.61. The summed E-state index contributed by atoms with van der Waals surface area (Å²) >= 11 is 12.9. The number of carbonyl (C=O) groups excluding carboxylic acids is 3. The number of aryl methyl sites for hydroxylation is 1. The molecule has 1 fully saturated rings. The molecule has 0 saturated carbocycles. The summed E-state index contributed by atoms with van der Waals surface area (Å²) in [7, 11) is 1.53. The van der Waals surface area contributed by atoms with Gasteiger partial charge in [0.15, 0.2) is 0 Å². The molecular weight excluding hydrogens is 453 g/mol. The molecule has 1 aliphatic heterocycles. The summed E-state index contributed by atoms with van der Waals surface area (Å²) in [6.45, 7) is 5.69. The van der Waals surface area contributed by atoms with Gasteiger partial charge in [-0.15, -0.1) is 0 Å². The van der Waals surface area contributed by atoms with Gasteiger partial charge in [0.2, 0.25) is 23.6 Å². The molecule has 2 N–H and O–H groups in total. The zero-order valence-electron chi connectivity index (χ0n) is 18.3. The SMILES string of the molecule is COc1cc(C(C)(C)C(=O)NCc2cc(Cl)c(C3CCC(=O)NC3=O)c(Cl)c2)cc(C)n1. The Morgan fingerprint density at radius 2 is 1.88 bits per heavy atom. The Hall–Kier alpha value is -2.64. The summed E-state index contributed by atoms with van der Waals surface area (Å²) in [5, 5.41) is 5.89. The number of imide groups is 1. The molecule has 0 aliphatic carbocycles. The molecule has 7 nitrogen and oxygen atoms in total. The number of rotatable bonds is 6. The van der Waals surface area contributed by atoms with Crippen LogP contribution in [0.25, 0.3) is 0 Å². The first-order valence-corrected chi connectivity index (χ1v) is 10.9. The first-order valence-electron chi connectivity index (χ1n) is 10.2. The molecule has 3 rings (SSSR count). The van der Waals surface area contributed by atoms with Gasteiger partial charge >= 0.3 is 0 Å². The number of piperidine rings is 1. The highest BCUT2D eigenvalue weighted by molar-refractivity contribution is 6.36. The van der Waals surface area contributed by atoms with Crippen molar-refractivity contribution in [2.45, 2.75) is 51.5 Å². The third-order valence-corrected chi connectivity index (χ3v) is 6.23. The lowest BCUT2D eigenvalue weighted by Gasteiger charge is -2.25. The van der Waals surface area contributed by atoms with Gasteiger partial charge in [0.25, 0.3) is 0 Å². The second-order valence-electron chi connectivity index (χ2n) is 8.32. The highest BCUT2D eigenvalue weighted by Gasteiger charge is 2.32. The molecule has 32 heavy (non-hydrogen) atoms. The van der Waals surface area contributed by atoms with E-state index >= 15 is 0 Å². The monoisotopic (exact) mass is 477 g/mol. The Bertz CT molecular complexity index is 1060. The van der Waals surface area contributed by atoms with Crippen LogP contribution in [0, 0.1) is 6.92 Å². The van der Waals surface area contributed by atoms with Gasteiger partial charge < -0.3 is 10.1 Å². The summed E-state index contributed by atoms with van der Waals surface area (Å²) in [5.74, 6) is -1.03. The minimum absolute atomic E-state index is 0.188. The van der Waals surface area contributed by atoms with E-state index in [-0.39, 0.29) is 24.8 Å². The summed E-state index contributed by atoms with van der Waals surface area (Å²) < 4.78 is 5.22. The van der Waals surface area contributed by atoms with E-state index in [9.17, 15) is 14.4 Å². The normalized spacial score (nSPS) is 16.5. The highest BCUT2D eigenvalue weighted by Crippen LogP contribution is 2.37. The number of carbonyl (C=O) groups is 3. The van der Waals surface area contributed by atoms with E-state index in [4.69, 9.17) is 27.9 Å². The van der Waals surface area contributed by atoms with Crippen LogP contribution >= 0.6 is 23.2 Å². The topological polar surface area (TPSA) is 97.4 Å². The van der Waals surface area contributed by atoms with Gasteiger partial charge in [-0.25, -0.2) is 4.98 Å². The molecule has 3 amide bonds. The Morgan fingerprint density at radius 1 is 1.22 bits per heavy atom. The largest absolute Gasteiger partial charge is 0.481 e. The van der Waals surface area contributed by atoms with Crippen LogP contribution in [-0.4, -0.2) is 29.8 Å². The lowest BCUT2D eigenvalue weighted by atomic mass is 9.83. The van der Waals surface area contributed by atoms with Crippen molar-refractivity contribution in [3.63, 3.8) is 0 Å². The Balaban J connectivity index is 1.75. The third kappa shape index (κ3) is 5.05. The van der Waals surface area contributed by atoms with E-state index in [2.05, 4.69) is 15.6 Å². The van der Waals surface area contributed by atoms with Crippen molar-refractivity contribution in [1.82, 2.24) is 15.6 Å². The summed E-state index contributed by atoms with van der Waals surface area (Å²) in [6.07, 6.45) is 0.582. The summed E-state index contributed by atoms with van der Waals surface area (Å²) in [5.41, 5.74) is 1.89. The average molecular weight is 478 g/mol. The van der Waals surface area contributed by atoms with Gasteiger partial charge in [-0.05, 0) is 56.5 Å². The summed E-state index contributed by atoms with van der Waals surface area (Å²) in [4.78, 5) is 40.9. The molecule has 1 aromatic carbocycles. The number of ether oxygens (including phenoxy) is 1. The maximum absolute atomic E-state index is 13.0. The Morgan fingerprint density at radius 3 is 2.47 bits per heavy atom. The molecule has 2 heterocycles. The Labute approximate surface area is 196 Å². The van der Waals surface area contributed by atoms with Crippen LogP contribution < -0.4 is 15.4 Å². The fourth-order valence-electron chi connectivity index (χ4n) is 3.68. The smallest absolute Gasteiger partial charge is 0.234 e. The molecule has 1 aromatic heterocycles. The minimum Gasteiger partial charge on any atom is -0.481 e. The number of amides is 3. The lowest BCUT2D eigenvalue weighted by molar-refractivity contribution is -0.134. The van der Waals surface area contributed by atoms with Crippen molar-refractivity contribution in [2.75, 3.05) is 7.11 Å². The van der Waals surface area contributed by atoms with Crippen molar-refractivity contribution < 1.29 is 19.1 Å². The van der Waals surface area contributed by atoms with Crippen LogP contribution in [0.2, 0.25) is 10.0 Å². The van der Waals surface area contributed by atoms with Crippen LogP contribution in [0.3, 0.4) is 0 Å². The standard InChI is InChI=1S/C23H25Cl2N3O4/c1-12-7-14(10-19(27-12)32-4)23(2,3)22(31)26-11-13-8-16(24)20(17(25)9-13)15-5-6-18(29)28-21(15)30/h7-10,15H,5-6,11H2,1-4H3,(H,26,31)(H,28,29,30). The van der Waals surface area contributed by atoms with Gasteiger partial charge in [0.1, 0.15) is 0 Å². The Kier molecular flexibility index (Phi) is 7.10. The van der Waals surface area contributed by atoms with Gasteiger partial charge in [-0.1, -0.05) is 23.2 Å².